The number of rotatable bonds is 4. The van der Waals surface area contributed by atoms with E-state index >= 15 is 0 Å². The van der Waals surface area contributed by atoms with Crippen LogP contribution in [0, 0.1) is 5.92 Å². The summed E-state index contributed by atoms with van der Waals surface area (Å²) >= 11 is 0. The van der Waals surface area contributed by atoms with Crippen molar-refractivity contribution in [1.29, 1.82) is 0 Å². The molecule has 2 aliphatic rings. The maximum Gasteiger partial charge on any atom is 0.412 e. The van der Waals surface area contributed by atoms with Crippen molar-refractivity contribution in [3.05, 3.63) is 11.6 Å². The Kier molecular flexibility index (Phi) is 4.43. The van der Waals surface area contributed by atoms with E-state index in [9.17, 15) is 22.8 Å². The number of carbonyl (C=O) groups is 2. The SMILES string of the molecule is O=C(O)CN(CC1CC1)C(=O)N1CC=C(C(F)(F)F)CC1. The summed E-state index contributed by atoms with van der Waals surface area (Å²) in [4.78, 5) is 25.5. The van der Waals surface area contributed by atoms with Crippen molar-refractivity contribution in [3.8, 4) is 0 Å². The van der Waals surface area contributed by atoms with Crippen molar-refractivity contribution in [2.24, 2.45) is 5.92 Å². The third-order valence-corrected chi connectivity index (χ3v) is 3.62. The number of carboxylic acids is 1. The number of urea groups is 1. The zero-order chi connectivity index (χ0) is 15.6. The van der Waals surface area contributed by atoms with E-state index in [2.05, 4.69) is 0 Å². The van der Waals surface area contributed by atoms with Crippen LogP contribution in [-0.2, 0) is 4.79 Å². The van der Waals surface area contributed by atoms with Crippen molar-refractivity contribution < 1.29 is 27.9 Å². The van der Waals surface area contributed by atoms with Gasteiger partial charge in [0, 0.05) is 25.2 Å². The molecule has 0 spiro atoms. The molecule has 1 fully saturated rings. The quantitative estimate of drug-likeness (QED) is 0.809. The second-order valence-electron chi connectivity index (χ2n) is 5.42. The Hall–Kier alpha value is -1.73. The van der Waals surface area contributed by atoms with Gasteiger partial charge in [0.15, 0.2) is 0 Å². The van der Waals surface area contributed by atoms with E-state index in [1.54, 1.807) is 0 Å². The van der Waals surface area contributed by atoms with E-state index in [0.717, 1.165) is 18.9 Å². The summed E-state index contributed by atoms with van der Waals surface area (Å²) in [5.74, 6) is -0.799. The van der Waals surface area contributed by atoms with Gasteiger partial charge < -0.3 is 14.9 Å². The molecule has 0 aromatic heterocycles. The molecule has 0 aromatic carbocycles. The van der Waals surface area contributed by atoms with Crippen LogP contribution in [0.1, 0.15) is 19.3 Å². The highest BCUT2D eigenvalue weighted by Gasteiger charge is 2.37. The Labute approximate surface area is 120 Å². The minimum atomic E-state index is -4.36. The molecule has 1 N–H and O–H groups in total. The smallest absolute Gasteiger partial charge is 0.412 e. The molecule has 0 atom stereocenters. The molecule has 0 radical (unpaired) electrons. The molecule has 21 heavy (non-hydrogen) atoms. The highest BCUT2D eigenvalue weighted by Crippen LogP contribution is 2.32. The summed E-state index contributed by atoms with van der Waals surface area (Å²) in [5.41, 5.74) is -0.626. The number of carbonyl (C=O) groups excluding carboxylic acids is 1. The summed E-state index contributed by atoms with van der Waals surface area (Å²) in [7, 11) is 0. The van der Waals surface area contributed by atoms with Gasteiger partial charge in [0.2, 0.25) is 0 Å². The van der Waals surface area contributed by atoms with Gasteiger partial charge in [-0.1, -0.05) is 6.08 Å². The predicted molar refractivity (Wildman–Crippen MR) is 67.7 cm³/mol. The number of nitrogens with zero attached hydrogens (tertiary/aromatic N) is 2. The van der Waals surface area contributed by atoms with E-state index in [1.165, 1.54) is 9.80 Å². The van der Waals surface area contributed by atoms with E-state index in [1.807, 2.05) is 0 Å². The van der Waals surface area contributed by atoms with Crippen LogP contribution < -0.4 is 0 Å². The van der Waals surface area contributed by atoms with Crippen molar-refractivity contribution >= 4 is 12.0 Å². The van der Waals surface area contributed by atoms with Crippen molar-refractivity contribution in [2.75, 3.05) is 26.2 Å². The molecule has 0 bridgehead atoms. The Balaban J connectivity index is 1.97. The van der Waals surface area contributed by atoms with Gasteiger partial charge in [0.05, 0.1) is 0 Å². The average Bonchev–Trinajstić information content (AvgIpc) is 3.20. The molecular formula is C13H17F3N2O3. The monoisotopic (exact) mass is 306 g/mol. The molecule has 1 aliphatic heterocycles. The lowest BCUT2D eigenvalue weighted by Gasteiger charge is -2.32. The van der Waals surface area contributed by atoms with Gasteiger partial charge in [-0.15, -0.1) is 0 Å². The zero-order valence-corrected chi connectivity index (χ0v) is 11.4. The lowest BCUT2D eigenvalue weighted by molar-refractivity contribution is -0.137. The first kappa shape index (κ1) is 15.7. The van der Waals surface area contributed by atoms with E-state index in [4.69, 9.17) is 5.11 Å². The molecule has 0 unspecified atom stereocenters. The Morgan fingerprint density at radius 3 is 2.48 bits per heavy atom. The van der Waals surface area contributed by atoms with Crippen molar-refractivity contribution in [1.82, 2.24) is 9.80 Å². The summed E-state index contributed by atoms with van der Waals surface area (Å²) in [6, 6.07) is -0.498. The average molecular weight is 306 g/mol. The minimum absolute atomic E-state index is 0.0367. The van der Waals surface area contributed by atoms with Crippen LogP contribution >= 0.6 is 0 Å². The zero-order valence-electron chi connectivity index (χ0n) is 11.4. The van der Waals surface area contributed by atoms with Gasteiger partial charge in [0.1, 0.15) is 6.54 Å². The summed E-state index contributed by atoms with van der Waals surface area (Å²) < 4.78 is 37.6. The number of hydrogen-bond donors (Lipinski definition) is 1. The number of halogens is 3. The number of alkyl halides is 3. The van der Waals surface area contributed by atoms with Crippen LogP contribution in [-0.4, -0.2) is 59.3 Å². The molecular weight excluding hydrogens is 289 g/mol. The first-order valence-corrected chi connectivity index (χ1v) is 6.79. The number of amides is 2. The molecule has 1 heterocycles. The standard InChI is InChI=1S/C13H17F3N2O3/c14-13(15,16)10-3-5-17(6-4-10)12(21)18(8-11(19)20)7-9-1-2-9/h3,9H,1-2,4-8H2,(H,19,20). The van der Waals surface area contributed by atoms with Crippen LogP contribution in [0.5, 0.6) is 0 Å². The summed E-state index contributed by atoms with van der Waals surface area (Å²) in [6.07, 6.45) is -1.69. The lowest BCUT2D eigenvalue weighted by Crippen LogP contribution is -2.48. The molecule has 1 saturated carbocycles. The summed E-state index contributed by atoms with van der Waals surface area (Å²) in [6.45, 7) is -0.224. The van der Waals surface area contributed by atoms with Gasteiger partial charge in [-0.3, -0.25) is 4.79 Å². The second kappa shape index (κ2) is 5.95. The normalized spacial score (nSPS) is 19.2. The van der Waals surface area contributed by atoms with Crippen LogP contribution in [0.3, 0.4) is 0 Å². The fraction of sp³-hybridized carbons (Fsp3) is 0.692. The molecule has 8 heteroatoms. The van der Waals surface area contributed by atoms with Crippen molar-refractivity contribution in [2.45, 2.75) is 25.4 Å². The third kappa shape index (κ3) is 4.37. The first-order chi connectivity index (χ1) is 9.77. The number of hydrogen-bond acceptors (Lipinski definition) is 2. The Morgan fingerprint density at radius 1 is 1.38 bits per heavy atom. The first-order valence-electron chi connectivity index (χ1n) is 6.79. The van der Waals surface area contributed by atoms with Crippen LogP contribution in [0.2, 0.25) is 0 Å². The van der Waals surface area contributed by atoms with Gasteiger partial charge in [-0.25, -0.2) is 4.79 Å². The van der Waals surface area contributed by atoms with E-state index < -0.39 is 30.3 Å². The molecule has 5 nitrogen and oxygen atoms in total. The Bertz CT molecular complexity index is 458. The largest absolute Gasteiger partial charge is 0.480 e. The van der Waals surface area contributed by atoms with Gasteiger partial charge in [0.25, 0.3) is 0 Å². The van der Waals surface area contributed by atoms with Crippen LogP contribution in [0.4, 0.5) is 18.0 Å². The molecule has 0 aromatic rings. The molecule has 1 aliphatic carbocycles. The number of carboxylic acid groups (broad SMARTS) is 1. The van der Waals surface area contributed by atoms with Crippen molar-refractivity contribution in [3.63, 3.8) is 0 Å². The van der Waals surface area contributed by atoms with Gasteiger partial charge >= 0.3 is 18.2 Å². The summed E-state index contributed by atoms with van der Waals surface area (Å²) in [5, 5.41) is 8.84. The topological polar surface area (TPSA) is 60.9 Å². The highest BCUT2D eigenvalue weighted by molar-refractivity contribution is 5.80. The fourth-order valence-corrected chi connectivity index (χ4v) is 2.29. The van der Waals surface area contributed by atoms with Crippen LogP contribution in [0.25, 0.3) is 0 Å². The Morgan fingerprint density at radius 2 is 2.05 bits per heavy atom. The molecule has 118 valence electrons. The maximum atomic E-state index is 12.5. The fourth-order valence-electron chi connectivity index (χ4n) is 2.29. The number of aliphatic carboxylic acids is 1. The molecule has 2 rings (SSSR count). The van der Waals surface area contributed by atoms with Gasteiger partial charge in [-0.05, 0) is 25.2 Å². The third-order valence-electron chi connectivity index (χ3n) is 3.62. The van der Waals surface area contributed by atoms with Gasteiger partial charge in [-0.2, -0.15) is 13.2 Å². The maximum absolute atomic E-state index is 12.5. The second-order valence-corrected chi connectivity index (χ2v) is 5.42. The molecule has 0 saturated heterocycles. The molecule has 2 amide bonds. The van der Waals surface area contributed by atoms with Crippen LogP contribution in [0.15, 0.2) is 11.6 Å². The lowest BCUT2D eigenvalue weighted by atomic mass is 10.1. The van der Waals surface area contributed by atoms with E-state index in [0.29, 0.717) is 12.5 Å². The van der Waals surface area contributed by atoms with E-state index in [-0.39, 0.29) is 19.5 Å². The highest BCUT2D eigenvalue weighted by atomic mass is 19.4. The predicted octanol–water partition coefficient (Wildman–Crippen LogP) is 2.10. The minimum Gasteiger partial charge on any atom is -0.480 e.